The highest BCUT2D eigenvalue weighted by molar-refractivity contribution is 7.13. The number of aromatic hydroxyl groups is 1. The molecule has 5 nitrogen and oxygen atoms in total. The van der Waals surface area contributed by atoms with Crippen LogP contribution in [0.3, 0.4) is 0 Å². The molecule has 0 aliphatic rings. The number of benzene rings is 2. The van der Waals surface area contributed by atoms with Gasteiger partial charge < -0.3 is 15.7 Å². The maximum Gasteiger partial charge on any atom is 0.255 e. The summed E-state index contributed by atoms with van der Waals surface area (Å²) in [6.45, 7) is 0. The first-order chi connectivity index (χ1) is 10.7. The molecule has 0 unspecified atom stereocenters. The number of phenols is 1. The molecule has 2 aromatic carbocycles. The number of nitrogens with one attached hydrogen (secondary N) is 2. The van der Waals surface area contributed by atoms with Crippen molar-refractivity contribution in [2.75, 3.05) is 10.6 Å². The zero-order valence-corrected chi connectivity index (χ0v) is 12.3. The molecule has 0 fully saturated rings. The Morgan fingerprint density at radius 2 is 1.91 bits per heavy atom. The quantitative estimate of drug-likeness (QED) is 0.640. The Bertz CT molecular complexity index is 770. The van der Waals surface area contributed by atoms with Gasteiger partial charge in [0.2, 0.25) is 0 Å². The average Bonchev–Trinajstić information content (AvgIpc) is 3.03. The van der Waals surface area contributed by atoms with Crippen molar-refractivity contribution < 1.29 is 9.90 Å². The predicted molar refractivity (Wildman–Crippen MR) is 87.9 cm³/mol. The van der Waals surface area contributed by atoms with E-state index in [1.165, 1.54) is 23.5 Å². The number of carbonyl (C=O) groups excluding carboxylic acids is 1. The normalized spacial score (nSPS) is 10.2. The largest absolute Gasteiger partial charge is 0.508 e. The van der Waals surface area contributed by atoms with Crippen LogP contribution < -0.4 is 10.6 Å². The topological polar surface area (TPSA) is 74.2 Å². The summed E-state index contributed by atoms with van der Waals surface area (Å²) in [4.78, 5) is 16.4. The van der Waals surface area contributed by atoms with Crippen molar-refractivity contribution >= 4 is 33.8 Å². The Morgan fingerprint density at radius 1 is 1.09 bits per heavy atom. The number of nitrogens with zero attached hydrogens (tertiary/aromatic N) is 1. The second-order valence-corrected chi connectivity index (χ2v) is 5.44. The number of aromatic nitrogens is 1. The minimum absolute atomic E-state index is 0.160. The SMILES string of the molecule is O=C(Nc1ccc(O)cc1)c1cccc(Nc2nccs2)c1. The Morgan fingerprint density at radius 3 is 2.64 bits per heavy atom. The average molecular weight is 311 g/mol. The highest BCUT2D eigenvalue weighted by Gasteiger charge is 2.07. The van der Waals surface area contributed by atoms with Crippen molar-refractivity contribution in [2.24, 2.45) is 0 Å². The van der Waals surface area contributed by atoms with E-state index in [9.17, 15) is 9.90 Å². The van der Waals surface area contributed by atoms with Gasteiger partial charge in [-0.25, -0.2) is 4.98 Å². The molecular formula is C16H13N3O2S. The lowest BCUT2D eigenvalue weighted by Crippen LogP contribution is -2.11. The van der Waals surface area contributed by atoms with Gasteiger partial charge in [-0.05, 0) is 42.5 Å². The summed E-state index contributed by atoms with van der Waals surface area (Å²) < 4.78 is 0. The third-order valence-corrected chi connectivity index (χ3v) is 3.62. The van der Waals surface area contributed by atoms with Gasteiger partial charge in [-0.1, -0.05) is 6.07 Å². The number of amides is 1. The summed E-state index contributed by atoms with van der Waals surface area (Å²) in [7, 11) is 0. The number of thiazole rings is 1. The molecule has 0 bridgehead atoms. The third-order valence-electron chi connectivity index (χ3n) is 2.93. The maximum atomic E-state index is 12.2. The van der Waals surface area contributed by atoms with Crippen molar-refractivity contribution in [1.82, 2.24) is 4.98 Å². The molecule has 110 valence electrons. The molecule has 22 heavy (non-hydrogen) atoms. The van der Waals surface area contributed by atoms with Gasteiger partial charge in [-0.15, -0.1) is 11.3 Å². The van der Waals surface area contributed by atoms with Crippen LogP contribution in [0.1, 0.15) is 10.4 Å². The molecule has 0 aliphatic heterocycles. The fourth-order valence-electron chi connectivity index (χ4n) is 1.89. The number of anilines is 3. The van der Waals surface area contributed by atoms with E-state index in [0.717, 1.165) is 10.8 Å². The highest BCUT2D eigenvalue weighted by atomic mass is 32.1. The Labute approximate surface area is 131 Å². The van der Waals surface area contributed by atoms with Crippen molar-refractivity contribution in [3.8, 4) is 5.75 Å². The minimum atomic E-state index is -0.214. The zero-order valence-electron chi connectivity index (χ0n) is 11.5. The summed E-state index contributed by atoms with van der Waals surface area (Å²) in [6.07, 6.45) is 1.72. The first-order valence-corrected chi connectivity index (χ1v) is 7.46. The van der Waals surface area contributed by atoms with Gasteiger partial charge in [0.05, 0.1) is 0 Å². The monoisotopic (exact) mass is 311 g/mol. The smallest absolute Gasteiger partial charge is 0.255 e. The van der Waals surface area contributed by atoms with E-state index < -0.39 is 0 Å². The van der Waals surface area contributed by atoms with Crippen molar-refractivity contribution in [2.45, 2.75) is 0 Å². The summed E-state index contributed by atoms with van der Waals surface area (Å²) in [5, 5.41) is 17.8. The molecule has 0 saturated carbocycles. The second-order valence-electron chi connectivity index (χ2n) is 4.54. The van der Waals surface area contributed by atoms with E-state index in [4.69, 9.17) is 0 Å². The van der Waals surface area contributed by atoms with Crippen molar-refractivity contribution in [1.29, 1.82) is 0 Å². The molecule has 6 heteroatoms. The second kappa shape index (κ2) is 6.28. The molecule has 0 aliphatic carbocycles. The Hall–Kier alpha value is -2.86. The lowest BCUT2D eigenvalue weighted by Gasteiger charge is -2.07. The lowest BCUT2D eigenvalue weighted by molar-refractivity contribution is 0.102. The van der Waals surface area contributed by atoms with Crippen LogP contribution in [0.5, 0.6) is 5.75 Å². The molecule has 0 atom stereocenters. The molecule has 0 saturated heterocycles. The van der Waals surface area contributed by atoms with E-state index in [2.05, 4.69) is 15.6 Å². The van der Waals surface area contributed by atoms with Gasteiger partial charge in [0.1, 0.15) is 5.75 Å². The predicted octanol–water partition coefficient (Wildman–Crippen LogP) is 3.84. The van der Waals surface area contributed by atoms with Gasteiger partial charge in [0.15, 0.2) is 5.13 Å². The number of hydrogen-bond donors (Lipinski definition) is 3. The Balaban J connectivity index is 1.73. The molecule has 0 radical (unpaired) electrons. The van der Waals surface area contributed by atoms with Crippen LogP contribution in [0.4, 0.5) is 16.5 Å². The van der Waals surface area contributed by atoms with E-state index in [0.29, 0.717) is 11.3 Å². The summed E-state index contributed by atoms with van der Waals surface area (Å²) >= 11 is 1.49. The molecule has 1 heterocycles. The number of rotatable bonds is 4. The molecule has 1 aromatic heterocycles. The van der Waals surface area contributed by atoms with Crippen LogP contribution in [0.15, 0.2) is 60.1 Å². The van der Waals surface area contributed by atoms with E-state index in [1.807, 2.05) is 17.5 Å². The minimum Gasteiger partial charge on any atom is -0.508 e. The van der Waals surface area contributed by atoms with Gasteiger partial charge in [-0.3, -0.25) is 4.79 Å². The Kier molecular flexibility index (Phi) is 4.02. The number of carbonyl (C=O) groups is 1. The number of phenolic OH excluding ortho intramolecular Hbond substituents is 1. The van der Waals surface area contributed by atoms with Crippen LogP contribution in [0.25, 0.3) is 0 Å². The molecule has 3 aromatic rings. The third kappa shape index (κ3) is 3.42. The van der Waals surface area contributed by atoms with E-state index in [1.54, 1.807) is 30.5 Å². The number of hydrogen-bond acceptors (Lipinski definition) is 5. The van der Waals surface area contributed by atoms with Crippen LogP contribution in [0.2, 0.25) is 0 Å². The summed E-state index contributed by atoms with van der Waals surface area (Å²) in [5.41, 5.74) is 1.96. The fraction of sp³-hybridized carbons (Fsp3) is 0. The highest BCUT2D eigenvalue weighted by Crippen LogP contribution is 2.20. The molecule has 3 N–H and O–H groups in total. The van der Waals surface area contributed by atoms with Crippen LogP contribution in [0, 0.1) is 0 Å². The summed E-state index contributed by atoms with van der Waals surface area (Å²) in [6, 6.07) is 13.5. The van der Waals surface area contributed by atoms with Crippen molar-refractivity contribution in [3.05, 3.63) is 65.7 Å². The molecular weight excluding hydrogens is 298 g/mol. The van der Waals surface area contributed by atoms with Gasteiger partial charge in [0.25, 0.3) is 5.91 Å². The van der Waals surface area contributed by atoms with Crippen LogP contribution in [-0.2, 0) is 0 Å². The summed E-state index contributed by atoms with van der Waals surface area (Å²) in [5.74, 6) is -0.0545. The van der Waals surface area contributed by atoms with Gasteiger partial charge in [0, 0.05) is 28.5 Å². The zero-order chi connectivity index (χ0) is 15.4. The van der Waals surface area contributed by atoms with E-state index >= 15 is 0 Å². The van der Waals surface area contributed by atoms with E-state index in [-0.39, 0.29) is 11.7 Å². The first-order valence-electron chi connectivity index (χ1n) is 6.58. The fourth-order valence-corrected chi connectivity index (χ4v) is 2.44. The van der Waals surface area contributed by atoms with Gasteiger partial charge in [-0.2, -0.15) is 0 Å². The first kappa shape index (κ1) is 14.1. The molecule has 3 rings (SSSR count). The van der Waals surface area contributed by atoms with Crippen LogP contribution >= 0.6 is 11.3 Å². The van der Waals surface area contributed by atoms with Crippen molar-refractivity contribution in [3.63, 3.8) is 0 Å². The van der Waals surface area contributed by atoms with Crippen LogP contribution in [-0.4, -0.2) is 16.0 Å². The molecule has 1 amide bonds. The maximum absolute atomic E-state index is 12.2. The standard InChI is InChI=1S/C16H13N3O2S/c20-14-6-4-12(5-7-14)18-15(21)11-2-1-3-13(10-11)19-16-17-8-9-22-16/h1-10,20H,(H,17,19)(H,18,21). The lowest BCUT2D eigenvalue weighted by atomic mass is 10.2. The van der Waals surface area contributed by atoms with Gasteiger partial charge >= 0.3 is 0 Å². The molecule has 0 spiro atoms.